The van der Waals surface area contributed by atoms with Gasteiger partial charge in [0.05, 0.1) is 0 Å². The van der Waals surface area contributed by atoms with Gasteiger partial charge in [0.15, 0.2) is 0 Å². The summed E-state index contributed by atoms with van der Waals surface area (Å²) in [7, 11) is 0. The van der Waals surface area contributed by atoms with Gasteiger partial charge in [-0.25, -0.2) is 0 Å². The van der Waals surface area contributed by atoms with Crippen LogP contribution in [0, 0.1) is 6.92 Å². The van der Waals surface area contributed by atoms with Crippen LogP contribution in [0.5, 0.6) is 0 Å². The molecule has 1 nitrogen and oxygen atoms in total. The summed E-state index contributed by atoms with van der Waals surface area (Å²) in [5.74, 6) is 2.61. The Hall–Kier alpha value is 0.360. The largest absolute Gasteiger partial charge is 0.309 e. The maximum atomic E-state index is 3.70. The predicted octanol–water partition coefficient (Wildman–Crippen LogP) is 3.94. The molecule has 0 radical (unpaired) electrons. The van der Waals surface area contributed by atoms with Crippen molar-refractivity contribution in [1.82, 2.24) is 5.32 Å². The Morgan fingerprint density at radius 1 is 1.41 bits per heavy atom. The minimum atomic E-state index is 0.527. The summed E-state index contributed by atoms with van der Waals surface area (Å²) in [6.07, 6.45) is 0. The molecule has 1 aliphatic rings. The highest BCUT2D eigenvalue weighted by Gasteiger charge is 2.31. The van der Waals surface area contributed by atoms with Crippen LogP contribution in [0.3, 0.4) is 0 Å². The molecule has 3 atom stereocenters. The van der Waals surface area contributed by atoms with Crippen LogP contribution in [0.25, 0.3) is 0 Å². The Bertz CT molecular complexity index is 350. The minimum Gasteiger partial charge on any atom is -0.309 e. The van der Waals surface area contributed by atoms with Crippen LogP contribution in [0.2, 0.25) is 0 Å². The van der Waals surface area contributed by atoms with Crippen LogP contribution < -0.4 is 5.32 Å². The van der Waals surface area contributed by atoms with Gasteiger partial charge in [-0.05, 0) is 30.5 Å². The van der Waals surface area contributed by atoms with Crippen molar-refractivity contribution in [3.8, 4) is 0 Å². The van der Waals surface area contributed by atoms with E-state index in [4.69, 9.17) is 0 Å². The molecule has 3 unspecified atom stereocenters. The van der Waals surface area contributed by atoms with Gasteiger partial charge in [-0.2, -0.15) is 23.5 Å². The zero-order valence-corrected chi connectivity index (χ0v) is 13.2. The van der Waals surface area contributed by atoms with Crippen LogP contribution in [0.15, 0.2) is 11.4 Å². The van der Waals surface area contributed by atoms with Gasteiger partial charge in [-0.15, -0.1) is 11.3 Å². The zero-order valence-electron chi connectivity index (χ0n) is 10.7. The molecule has 96 valence electrons. The quantitative estimate of drug-likeness (QED) is 0.901. The third-order valence-electron chi connectivity index (χ3n) is 3.22. The van der Waals surface area contributed by atoms with Gasteiger partial charge >= 0.3 is 0 Å². The first-order valence-corrected chi connectivity index (χ1v) is 9.22. The second-order valence-electron chi connectivity index (χ2n) is 4.38. The molecule has 0 saturated carbocycles. The standard InChI is InChI=1S/C13H21NS3/c1-4-14-12(11-5-6-15-9(11)2)13-10(3)16-7-8-17-13/h5-6,10,12-14H,4,7-8H2,1-3H3. The molecule has 4 heteroatoms. The highest BCUT2D eigenvalue weighted by Crippen LogP contribution is 2.40. The third-order valence-corrected chi connectivity index (χ3v) is 7.28. The molecular weight excluding hydrogens is 266 g/mol. The highest BCUT2D eigenvalue weighted by molar-refractivity contribution is 8.07. The molecule has 2 rings (SSSR count). The van der Waals surface area contributed by atoms with E-state index < -0.39 is 0 Å². The smallest absolute Gasteiger partial charge is 0.0462 e. The molecule has 0 amide bonds. The van der Waals surface area contributed by atoms with Gasteiger partial charge in [0, 0.05) is 32.9 Å². The van der Waals surface area contributed by atoms with E-state index in [1.807, 2.05) is 11.3 Å². The topological polar surface area (TPSA) is 12.0 Å². The van der Waals surface area contributed by atoms with Crippen molar-refractivity contribution in [3.05, 3.63) is 21.9 Å². The van der Waals surface area contributed by atoms with Gasteiger partial charge < -0.3 is 5.32 Å². The lowest BCUT2D eigenvalue weighted by Crippen LogP contribution is -2.37. The number of hydrogen-bond acceptors (Lipinski definition) is 4. The molecule has 2 heterocycles. The lowest BCUT2D eigenvalue weighted by Gasteiger charge is -2.35. The monoisotopic (exact) mass is 287 g/mol. The average Bonchev–Trinajstić information content (AvgIpc) is 2.74. The zero-order chi connectivity index (χ0) is 12.3. The van der Waals surface area contributed by atoms with E-state index in [-0.39, 0.29) is 0 Å². The van der Waals surface area contributed by atoms with Crippen LogP contribution in [-0.2, 0) is 0 Å². The van der Waals surface area contributed by atoms with Crippen LogP contribution in [0.4, 0.5) is 0 Å². The fourth-order valence-electron chi connectivity index (χ4n) is 2.36. The Balaban J connectivity index is 2.19. The van der Waals surface area contributed by atoms with Gasteiger partial charge in [0.2, 0.25) is 0 Å². The summed E-state index contributed by atoms with van der Waals surface area (Å²) in [6, 6.07) is 2.83. The Labute approximate surface area is 117 Å². The maximum absolute atomic E-state index is 3.70. The summed E-state index contributed by atoms with van der Waals surface area (Å²) in [5.41, 5.74) is 1.52. The van der Waals surface area contributed by atoms with Gasteiger partial charge in [0.25, 0.3) is 0 Å². The molecule has 0 aliphatic carbocycles. The van der Waals surface area contributed by atoms with Crippen LogP contribution in [-0.4, -0.2) is 28.6 Å². The molecule has 1 aliphatic heterocycles. The minimum absolute atomic E-state index is 0.527. The lowest BCUT2D eigenvalue weighted by atomic mass is 10.0. The van der Waals surface area contributed by atoms with Gasteiger partial charge in [-0.1, -0.05) is 13.8 Å². The third kappa shape index (κ3) is 3.22. The second-order valence-corrected chi connectivity index (χ2v) is 8.27. The number of hydrogen-bond donors (Lipinski definition) is 1. The van der Waals surface area contributed by atoms with E-state index in [2.05, 4.69) is 61.1 Å². The van der Waals surface area contributed by atoms with Crippen LogP contribution >= 0.6 is 34.9 Å². The number of rotatable bonds is 4. The molecule has 0 aromatic carbocycles. The number of thiophene rings is 1. The molecule has 1 aromatic rings. The molecule has 0 spiro atoms. The van der Waals surface area contributed by atoms with Crippen molar-refractivity contribution in [1.29, 1.82) is 0 Å². The highest BCUT2D eigenvalue weighted by atomic mass is 32.2. The summed E-state index contributed by atoms with van der Waals surface area (Å²) in [4.78, 5) is 1.47. The van der Waals surface area contributed by atoms with Crippen molar-refractivity contribution in [2.75, 3.05) is 18.1 Å². The van der Waals surface area contributed by atoms with Gasteiger partial charge in [-0.3, -0.25) is 0 Å². The molecule has 0 bridgehead atoms. The first-order chi connectivity index (χ1) is 8.24. The number of thioether (sulfide) groups is 2. The first-order valence-electron chi connectivity index (χ1n) is 6.24. The SMILES string of the molecule is CCNC(c1ccsc1C)C1SCCSC1C. The number of aryl methyl sites for hydroxylation is 1. The predicted molar refractivity (Wildman–Crippen MR) is 83.6 cm³/mol. The summed E-state index contributed by atoms with van der Waals surface area (Å²) in [6.45, 7) is 7.89. The fourth-order valence-corrected chi connectivity index (χ4v) is 6.04. The van der Waals surface area contributed by atoms with E-state index in [0.29, 0.717) is 11.3 Å². The Morgan fingerprint density at radius 3 is 2.76 bits per heavy atom. The molecule has 17 heavy (non-hydrogen) atoms. The number of nitrogens with one attached hydrogen (secondary N) is 1. The summed E-state index contributed by atoms with van der Waals surface area (Å²) < 4.78 is 0. The van der Waals surface area contributed by atoms with Gasteiger partial charge in [0.1, 0.15) is 0 Å². The molecule has 1 saturated heterocycles. The van der Waals surface area contributed by atoms with Crippen LogP contribution in [0.1, 0.15) is 30.3 Å². The van der Waals surface area contributed by atoms with Crippen molar-refractivity contribution in [3.63, 3.8) is 0 Å². The molecule has 1 aromatic heterocycles. The van der Waals surface area contributed by atoms with E-state index >= 15 is 0 Å². The normalized spacial score (nSPS) is 27.0. The average molecular weight is 288 g/mol. The second kappa shape index (κ2) is 6.50. The molecular formula is C13H21NS3. The van der Waals surface area contributed by atoms with E-state index in [0.717, 1.165) is 11.8 Å². The maximum Gasteiger partial charge on any atom is 0.0462 e. The van der Waals surface area contributed by atoms with Crippen molar-refractivity contribution in [2.24, 2.45) is 0 Å². The first kappa shape index (κ1) is 13.8. The van der Waals surface area contributed by atoms with Crippen molar-refractivity contribution in [2.45, 2.75) is 37.3 Å². The lowest BCUT2D eigenvalue weighted by molar-refractivity contribution is 0.525. The summed E-state index contributed by atoms with van der Waals surface area (Å²) in [5, 5.41) is 7.38. The van der Waals surface area contributed by atoms with Crippen molar-refractivity contribution < 1.29 is 0 Å². The Morgan fingerprint density at radius 2 is 2.18 bits per heavy atom. The summed E-state index contributed by atoms with van der Waals surface area (Å²) >= 11 is 6.14. The Kier molecular flexibility index (Phi) is 5.27. The van der Waals surface area contributed by atoms with Crippen molar-refractivity contribution >= 4 is 34.9 Å². The fraction of sp³-hybridized carbons (Fsp3) is 0.692. The van der Waals surface area contributed by atoms with E-state index in [1.54, 1.807) is 0 Å². The molecule has 1 fully saturated rings. The van der Waals surface area contributed by atoms with E-state index in [9.17, 15) is 0 Å². The van der Waals surface area contributed by atoms with E-state index in [1.165, 1.54) is 21.9 Å². The molecule has 1 N–H and O–H groups in total.